The number of morpholine rings is 1. The monoisotopic (exact) mass is 468 g/mol. The number of benzene rings is 2. The zero-order valence-electron chi connectivity index (χ0n) is 18.4. The van der Waals surface area contributed by atoms with E-state index in [0.29, 0.717) is 22.7 Å². The fourth-order valence-electron chi connectivity index (χ4n) is 3.77. The highest BCUT2D eigenvalue weighted by atomic mass is 35.5. The number of anilines is 1. The second-order valence-corrected chi connectivity index (χ2v) is 8.10. The molecule has 0 aromatic heterocycles. The predicted molar refractivity (Wildman–Crippen MR) is 125 cm³/mol. The molecule has 0 aliphatic carbocycles. The molecule has 2 aromatic carbocycles. The summed E-state index contributed by atoms with van der Waals surface area (Å²) in [6.07, 6.45) is 0.201. The number of hydrogen-bond donors (Lipinski definition) is 2. The molecule has 1 saturated heterocycles. The van der Waals surface area contributed by atoms with Gasteiger partial charge in [-0.15, -0.1) is 0 Å². The van der Waals surface area contributed by atoms with Crippen molar-refractivity contribution in [1.29, 1.82) is 0 Å². The molecule has 172 valence electrons. The number of carboxylic acid groups (broad SMARTS) is 1. The van der Waals surface area contributed by atoms with Crippen molar-refractivity contribution in [3.05, 3.63) is 64.7 Å². The van der Waals surface area contributed by atoms with Crippen LogP contribution in [0, 0.1) is 11.8 Å². The lowest BCUT2D eigenvalue weighted by Gasteiger charge is -2.41. The van der Waals surface area contributed by atoms with Gasteiger partial charge in [-0.1, -0.05) is 61.1 Å². The van der Waals surface area contributed by atoms with Gasteiger partial charge in [0, 0.05) is 17.5 Å². The first-order valence-electron chi connectivity index (χ1n) is 10.6. The zero-order chi connectivity index (χ0) is 24.0. The lowest BCUT2D eigenvalue weighted by atomic mass is 9.96. The number of halogens is 1. The number of carbonyl (C=O) groups is 3. The summed E-state index contributed by atoms with van der Waals surface area (Å²) in [5.74, 6) is 4.33. The highest BCUT2D eigenvalue weighted by molar-refractivity contribution is 6.30. The van der Waals surface area contributed by atoms with Gasteiger partial charge in [0.1, 0.15) is 24.8 Å². The number of ether oxygens (including phenoxy) is 1. The van der Waals surface area contributed by atoms with Crippen molar-refractivity contribution in [1.82, 2.24) is 4.90 Å². The van der Waals surface area contributed by atoms with Gasteiger partial charge in [-0.2, -0.15) is 0 Å². The van der Waals surface area contributed by atoms with Crippen LogP contribution < -0.4 is 5.32 Å². The lowest BCUT2D eigenvalue weighted by molar-refractivity contribution is -0.167. The first-order chi connectivity index (χ1) is 15.8. The Hall–Kier alpha value is -3.34. The Kier molecular flexibility index (Phi) is 8.10. The minimum Gasteiger partial charge on any atom is -0.480 e. The minimum absolute atomic E-state index is 0.241. The summed E-state index contributed by atoms with van der Waals surface area (Å²) in [6.45, 7) is 3.02. The maximum absolute atomic E-state index is 12.9. The molecule has 1 aliphatic heterocycles. The third-order valence-corrected chi connectivity index (χ3v) is 5.49. The molecule has 0 saturated carbocycles. The molecule has 0 bridgehead atoms. The summed E-state index contributed by atoms with van der Waals surface area (Å²) < 4.78 is 5.85. The third kappa shape index (κ3) is 5.92. The number of amides is 2. The van der Waals surface area contributed by atoms with Crippen molar-refractivity contribution in [2.75, 3.05) is 11.9 Å². The van der Waals surface area contributed by atoms with Crippen molar-refractivity contribution >= 4 is 35.1 Å². The predicted octanol–water partition coefficient (Wildman–Crippen LogP) is 3.87. The van der Waals surface area contributed by atoms with Crippen LogP contribution in [0.15, 0.2) is 48.5 Å². The van der Waals surface area contributed by atoms with E-state index in [1.807, 2.05) is 6.92 Å². The first-order valence-corrected chi connectivity index (χ1v) is 11.0. The molecular formula is C25H25ClN2O5. The molecule has 2 N–H and O–H groups in total. The van der Waals surface area contributed by atoms with E-state index in [0.717, 1.165) is 5.56 Å². The summed E-state index contributed by atoms with van der Waals surface area (Å²) in [5, 5.41) is 13.1. The van der Waals surface area contributed by atoms with E-state index in [4.69, 9.17) is 16.3 Å². The molecule has 3 rings (SSSR count). The molecule has 0 spiro atoms. The maximum Gasteiger partial charge on any atom is 0.326 e. The van der Waals surface area contributed by atoms with Gasteiger partial charge in [0.2, 0.25) is 11.8 Å². The molecule has 8 heteroatoms. The fourth-order valence-corrected chi connectivity index (χ4v) is 3.90. The normalized spacial score (nSPS) is 18.8. The molecule has 2 aromatic rings. The van der Waals surface area contributed by atoms with E-state index in [2.05, 4.69) is 17.2 Å². The van der Waals surface area contributed by atoms with Crippen LogP contribution in [-0.4, -0.2) is 46.5 Å². The third-order valence-electron chi connectivity index (χ3n) is 5.23. The molecule has 1 unspecified atom stereocenters. The Balaban J connectivity index is 2.09. The summed E-state index contributed by atoms with van der Waals surface area (Å²) in [7, 11) is 0. The number of nitrogens with one attached hydrogen (secondary N) is 1. The number of aliphatic carboxylic acids is 1. The zero-order valence-corrected chi connectivity index (χ0v) is 19.1. The van der Waals surface area contributed by atoms with E-state index in [-0.39, 0.29) is 18.9 Å². The molecule has 33 heavy (non-hydrogen) atoms. The van der Waals surface area contributed by atoms with Gasteiger partial charge in [0.15, 0.2) is 0 Å². The van der Waals surface area contributed by atoms with Crippen LogP contribution >= 0.6 is 11.6 Å². The van der Waals surface area contributed by atoms with Crippen LogP contribution in [0.25, 0.3) is 0 Å². The van der Waals surface area contributed by atoms with Crippen LogP contribution in [-0.2, 0) is 19.1 Å². The second kappa shape index (κ2) is 11.0. The molecule has 1 fully saturated rings. The Morgan fingerprint density at radius 1 is 1.24 bits per heavy atom. The number of carbonyl (C=O) groups excluding carboxylic acids is 2. The van der Waals surface area contributed by atoms with Crippen LogP contribution in [0.1, 0.15) is 43.9 Å². The Morgan fingerprint density at radius 2 is 1.94 bits per heavy atom. The molecule has 1 aliphatic rings. The minimum atomic E-state index is -1.09. The quantitative estimate of drug-likeness (QED) is 0.627. The average molecular weight is 469 g/mol. The smallest absolute Gasteiger partial charge is 0.326 e. The molecule has 0 radical (unpaired) electrons. The van der Waals surface area contributed by atoms with E-state index in [1.54, 1.807) is 48.5 Å². The van der Waals surface area contributed by atoms with Crippen LogP contribution in [0.4, 0.5) is 5.69 Å². The van der Waals surface area contributed by atoms with E-state index < -0.39 is 30.1 Å². The van der Waals surface area contributed by atoms with Crippen molar-refractivity contribution in [3.8, 4) is 11.8 Å². The number of nitrogens with zero attached hydrogens (tertiary/aromatic N) is 1. The summed E-state index contributed by atoms with van der Waals surface area (Å²) in [4.78, 5) is 37.8. The second-order valence-electron chi connectivity index (χ2n) is 7.67. The van der Waals surface area contributed by atoms with E-state index in [9.17, 15) is 19.5 Å². The Labute approximate surface area is 197 Å². The molecule has 2 amide bonds. The first kappa shape index (κ1) is 24.3. The van der Waals surface area contributed by atoms with E-state index in [1.165, 1.54) is 11.8 Å². The van der Waals surface area contributed by atoms with Crippen molar-refractivity contribution in [2.45, 2.75) is 44.9 Å². The highest BCUT2D eigenvalue weighted by Crippen LogP contribution is 2.32. The Morgan fingerprint density at radius 3 is 2.58 bits per heavy atom. The summed E-state index contributed by atoms with van der Waals surface area (Å²) in [5.41, 5.74) is 1.80. The van der Waals surface area contributed by atoms with Gasteiger partial charge < -0.3 is 20.1 Å². The van der Waals surface area contributed by atoms with Crippen molar-refractivity contribution < 1.29 is 24.2 Å². The Bertz CT molecular complexity index is 1090. The van der Waals surface area contributed by atoms with Gasteiger partial charge in [0.25, 0.3) is 0 Å². The highest BCUT2D eigenvalue weighted by Gasteiger charge is 2.42. The standard InChI is InChI=1S/C25H25ClN2O5/c1-3-6-22(25(31)32)28-21(14-11-17-7-4-5-8-20(17)27-16(2)29)24(33-15-23(28)30)18-9-12-19(26)13-10-18/h4-5,7-10,12-13,21-22,24H,3,6,15H2,1-2H3,(H,27,29)(H,31,32)/t21-,22?,24+/m1/s1. The van der Waals surface area contributed by atoms with Gasteiger partial charge in [-0.3, -0.25) is 9.59 Å². The van der Waals surface area contributed by atoms with Gasteiger partial charge in [-0.25, -0.2) is 4.79 Å². The van der Waals surface area contributed by atoms with Gasteiger partial charge in [-0.05, 0) is 36.2 Å². The van der Waals surface area contributed by atoms with Crippen molar-refractivity contribution in [3.63, 3.8) is 0 Å². The number of rotatable bonds is 6. The van der Waals surface area contributed by atoms with Crippen LogP contribution in [0.3, 0.4) is 0 Å². The fraction of sp³-hybridized carbons (Fsp3) is 0.320. The number of carboxylic acids is 1. The maximum atomic E-state index is 12.9. The van der Waals surface area contributed by atoms with Crippen LogP contribution in [0.2, 0.25) is 5.02 Å². The van der Waals surface area contributed by atoms with Gasteiger partial charge >= 0.3 is 5.97 Å². The number of para-hydroxylation sites is 1. The van der Waals surface area contributed by atoms with Crippen LogP contribution in [0.5, 0.6) is 0 Å². The topological polar surface area (TPSA) is 95.9 Å². The largest absolute Gasteiger partial charge is 0.480 e. The molecule has 3 atom stereocenters. The lowest BCUT2D eigenvalue weighted by Crippen LogP contribution is -2.57. The summed E-state index contributed by atoms with van der Waals surface area (Å²) in [6, 6.07) is 12.1. The number of hydrogen-bond acceptors (Lipinski definition) is 4. The molecular weight excluding hydrogens is 444 g/mol. The molecule has 7 nitrogen and oxygen atoms in total. The SMILES string of the molecule is CCCC(C(=O)O)N1C(=O)CO[C@@H](c2ccc(Cl)cc2)[C@H]1C#Cc1ccccc1NC(C)=O. The summed E-state index contributed by atoms with van der Waals surface area (Å²) >= 11 is 6.03. The van der Waals surface area contributed by atoms with Crippen molar-refractivity contribution in [2.24, 2.45) is 0 Å². The van der Waals surface area contributed by atoms with Gasteiger partial charge in [0.05, 0.1) is 5.69 Å². The molecule has 1 heterocycles. The average Bonchev–Trinajstić information content (AvgIpc) is 2.77. The van der Waals surface area contributed by atoms with E-state index >= 15 is 0 Å².